The van der Waals surface area contributed by atoms with E-state index in [1.165, 1.54) is 19.3 Å². The third-order valence-electron chi connectivity index (χ3n) is 3.70. The summed E-state index contributed by atoms with van der Waals surface area (Å²) >= 11 is 0. The summed E-state index contributed by atoms with van der Waals surface area (Å²) in [5.41, 5.74) is -0.445. The van der Waals surface area contributed by atoms with E-state index in [4.69, 9.17) is 4.74 Å². The van der Waals surface area contributed by atoms with Crippen LogP contribution in [0.25, 0.3) is 0 Å². The van der Waals surface area contributed by atoms with Gasteiger partial charge in [-0.05, 0) is 32.1 Å². The van der Waals surface area contributed by atoms with Crippen LogP contribution in [0.15, 0.2) is 0 Å². The molecule has 2 rings (SSSR count). The lowest BCUT2D eigenvalue weighted by molar-refractivity contribution is -0.192. The average Bonchev–Trinajstić information content (AvgIpc) is 2.25. The van der Waals surface area contributed by atoms with Gasteiger partial charge < -0.3 is 4.74 Å². The molecule has 1 spiro atoms. The van der Waals surface area contributed by atoms with Crippen LogP contribution in [-0.2, 0) is 4.74 Å². The van der Waals surface area contributed by atoms with Crippen molar-refractivity contribution in [1.82, 2.24) is 5.32 Å². The monoisotopic (exact) mass is 233 g/mol. The van der Waals surface area contributed by atoms with Gasteiger partial charge in [0.1, 0.15) is 11.8 Å². The minimum Gasteiger partial charge on any atom is -0.351 e. The van der Waals surface area contributed by atoms with Crippen molar-refractivity contribution < 1.29 is 13.5 Å². The smallest absolute Gasteiger partial charge is 0.264 e. The Hall–Kier alpha value is -0.220. The summed E-state index contributed by atoms with van der Waals surface area (Å²) in [4.78, 5) is 0. The van der Waals surface area contributed by atoms with Gasteiger partial charge >= 0.3 is 0 Å². The molecular weight excluding hydrogens is 212 g/mol. The second kappa shape index (κ2) is 5.41. The van der Waals surface area contributed by atoms with Crippen molar-refractivity contribution in [1.29, 1.82) is 0 Å². The second-order valence-corrected chi connectivity index (χ2v) is 4.97. The number of alkyl halides is 2. The van der Waals surface area contributed by atoms with Crippen LogP contribution in [0, 0.1) is 0 Å². The van der Waals surface area contributed by atoms with E-state index in [9.17, 15) is 8.78 Å². The minimum absolute atomic E-state index is 0.430. The maximum Gasteiger partial charge on any atom is 0.264 e. The summed E-state index contributed by atoms with van der Waals surface area (Å²) in [6.07, 6.45) is 4.84. The lowest BCUT2D eigenvalue weighted by Gasteiger charge is -2.43. The van der Waals surface area contributed by atoms with Crippen molar-refractivity contribution in [2.75, 3.05) is 6.54 Å². The molecule has 0 aromatic carbocycles. The van der Waals surface area contributed by atoms with Gasteiger partial charge in [0.25, 0.3) is 6.43 Å². The van der Waals surface area contributed by atoms with Crippen LogP contribution in [-0.4, -0.2) is 24.8 Å². The Balaban J connectivity index is 1.97. The molecule has 1 aliphatic carbocycles. The van der Waals surface area contributed by atoms with Crippen molar-refractivity contribution in [3.8, 4) is 0 Å². The summed E-state index contributed by atoms with van der Waals surface area (Å²) in [7, 11) is 0. The van der Waals surface area contributed by atoms with Gasteiger partial charge in [-0.15, -0.1) is 0 Å². The Morgan fingerprint density at radius 3 is 2.31 bits per heavy atom. The number of hydrogen-bond acceptors (Lipinski definition) is 2. The standard InChI is InChI=1S/C12H21F2NO/c13-11(14)10-6-9-15-12(16-10)7-4-2-1-3-5-8-12/h10-11,15H,1-9H2. The van der Waals surface area contributed by atoms with Crippen molar-refractivity contribution in [2.24, 2.45) is 0 Å². The fraction of sp³-hybridized carbons (Fsp3) is 1.00. The van der Waals surface area contributed by atoms with Gasteiger partial charge in [-0.25, -0.2) is 8.78 Å². The van der Waals surface area contributed by atoms with Gasteiger partial charge in [0.15, 0.2) is 0 Å². The Morgan fingerprint density at radius 1 is 1.06 bits per heavy atom. The summed E-state index contributed by atoms with van der Waals surface area (Å²) < 4.78 is 31.0. The van der Waals surface area contributed by atoms with Crippen LogP contribution in [0.3, 0.4) is 0 Å². The highest BCUT2D eigenvalue weighted by Gasteiger charge is 2.39. The SMILES string of the molecule is FC(F)C1CCNC2(CCCCCCC2)O1. The lowest BCUT2D eigenvalue weighted by atomic mass is 9.92. The molecule has 1 heterocycles. The van der Waals surface area contributed by atoms with Crippen molar-refractivity contribution in [3.63, 3.8) is 0 Å². The zero-order valence-electron chi connectivity index (χ0n) is 9.68. The molecule has 0 bridgehead atoms. The maximum absolute atomic E-state index is 12.7. The van der Waals surface area contributed by atoms with E-state index < -0.39 is 18.3 Å². The molecule has 2 aliphatic rings. The summed E-state index contributed by atoms with van der Waals surface area (Å²) in [5, 5.41) is 3.33. The fourth-order valence-electron chi connectivity index (χ4n) is 2.78. The molecule has 0 amide bonds. The number of nitrogens with one attached hydrogen (secondary N) is 1. The quantitative estimate of drug-likeness (QED) is 0.751. The van der Waals surface area contributed by atoms with Crippen molar-refractivity contribution in [2.45, 2.75) is 69.6 Å². The molecule has 1 N–H and O–H groups in total. The third-order valence-corrected chi connectivity index (χ3v) is 3.70. The number of rotatable bonds is 1. The number of ether oxygens (including phenoxy) is 1. The zero-order valence-corrected chi connectivity index (χ0v) is 9.68. The van der Waals surface area contributed by atoms with Gasteiger partial charge in [-0.1, -0.05) is 19.3 Å². The van der Waals surface area contributed by atoms with Crippen LogP contribution in [0.1, 0.15) is 51.4 Å². The van der Waals surface area contributed by atoms with E-state index in [1.54, 1.807) is 0 Å². The molecule has 2 fully saturated rings. The first kappa shape index (κ1) is 12.2. The summed E-state index contributed by atoms with van der Waals surface area (Å²) in [5.74, 6) is 0. The number of halogens is 2. The van der Waals surface area contributed by atoms with Crippen LogP contribution < -0.4 is 5.32 Å². The fourth-order valence-corrected chi connectivity index (χ4v) is 2.78. The van der Waals surface area contributed by atoms with Crippen LogP contribution in [0.4, 0.5) is 8.78 Å². The van der Waals surface area contributed by atoms with Crippen LogP contribution in [0.5, 0.6) is 0 Å². The predicted octanol–water partition coefficient (Wildman–Crippen LogP) is 3.07. The van der Waals surface area contributed by atoms with E-state index in [0.717, 1.165) is 25.7 Å². The third kappa shape index (κ3) is 2.92. The molecule has 1 saturated carbocycles. The van der Waals surface area contributed by atoms with Crippen LogP contribution >= 0.6 is 0 Å². The molecule has 1 aliphatic heterocycles. The first-order chi connectivity index (χ1) is 7.72. The molecule has 1 atom stereocenters. The average molecular weight is 233 g/mol. The molecule has 1 unspecified atom stereocenters. The Morgan fingerprint density at radius 2 is 1.69 bits per heavy atom. The van der Waals surface area contributed by atoms with E-state index in [-0.39, 0.29) is 0 Å². The van der Waals surface area contributed by atoms with Crippen molar-refractivity contribution in [3.05, 3.63) is 0 Å². The van der Waals surface area contributed by atoms with E-state index in [0.29, 0.717) is 13.0 Å². The van der Waals surface area contributed by atoms with Gasteiger partial charge in [0, 0.05) is 6.54 Å². The molecule has 0 aromatic heterocycles. The topological polar surface area (TPSA) is 21.3 Å². The predicted molar refractivity (Wildman–Crippen MR) is 58.5 cm³/mol. The highest BCUT2D eigenvalue weighted by molar-refractivity contribution is 4.86. The van der Waals surface area contributed by atoms with Crippen LogP contribution in [0.2, 0.25) is 0 Å². The first-order valence-electron chi connectivity index (χ1n) is 6.43. The van der Waals surface area contributed by atoms with E-state index >= 15 is 0 Å². The Bertz CT molecular complexity index is 215. The molecule has 4 heteroatoms. The van der Waals surface area contributed by atoms with Gasteiger partial charge in [0.2, 0.25) is 0 Å². The van der Waals surface area contributed by atoms with Gasteiger partial charge in [0.05, 0.1) is 0 Å². The molecule has 16 heavy (non-hydrogen) atoms. The molecule has 2 nitrogen and oxygen atoms in total. The molecule has 0 aromatic rings. The van der Waals surface area contributed by atoms with E-state index in [1.807, 2.05) is 0 Å². The second-order valence-electron chi connectivity index (χ2n) is 4.97. The maximum atomic E-state index is 12.7. The van der Waals surface area contributed by atoms with Gasteiger partial charge in [-0.2, -0.15) is 0 Å². The highest BCUT2D eigenvalue weighted by atomic mass is 19.3. The Kier molecular flexibility index (Phi) is 4.14. The van der Waals surface area contributed by atoms with E-state index in [2.05, 4.69) is 5.32 Å². The van der Waals surface area contributed by atoms with Gasteiger partial charge in [-0.3, -0.25) is 5.32 Å². The normalized spacial score (nSPS) is 31.3. The minimum atomic E-state index is -2.34. The lowest BCUT2D eigenvalue weighted by Crippen LogP contribution is -2.56. The first-order valence-corrected chi connectivity index (χ1v) is 6.43. The molecular formula is C12H21F2NO. The highest BCUT2D eigenvalue weighted by Crippen LogP contribution is 2.32. The summed E-state index contributed by atoms with van der Waals surface area (Å²) in [6.45, 7) is 0.662. The zero-order chi connectivity index (χ0) is 11.4. The molecule has 0 radical (unpaired) electrons. The Labute approximate surface area is 95.7 Å². The molecule has 94 valence electrons. The largest absolute Gasteiger partial charge is 0.351 e. The molecule has 1 saturated heterocycles. The summed E-state index contributed by atoms with van der Waals surface area (Å²) in [6, 6.07) is 0. The number of hydrogen-bond donors (Lipinski definition) is 1. The van der Waals surface area contributed by atoms with Crippen molar-refractivity contribution >= 4 is 0 Å².